The quantitative estimate of drug-likeness (QED) is 0.724. The molecule has 0 aliphatic heterocycles. The number of rotatable bonds is 5. The molecular formula is C12H15N5OS. The summed E-state index contributed by atoms with van der Waals surface area (Å²) in [5.41, 5.74) is 0.901. The maximum Gasteiger partial charge on any atom is 0.226 e. The molecule has 1 saturated carbocycles. The molecule has 2 aromatic rings. The number of aromatic nitrogens is 4. The van der Waals surface area contributed by atoms with Crippen LogP contribution in [0.2, 0.25) is 0 Å². The van der Waals surface area contributed by atoms with E-state index in [2.05, 4.69) is 20.5 Å². The molecule has 19 heavy (non-hydrogen) atoms. The largest absolute Gasteiger partial charge is 0.365 e. The number of aromatic amines is 2. The van der Waals surface area contributed by atoms with Crippen LogP contribution in [0, 0.1) is 4.77 Å². The molecule has 2 aromatic heterocycles. The zero-order chi connectivity index (χ0) is 13.2. The van der Waals surface area contributed by atoms with E-state index in [0.717, 1.165) is 24.4 Å². The zero-order valence-electron chi connectivity index (χ0n) is 10.3. The van der Waals surface area contributed by atoms with E-state index in [9.17, 15) is 4.79 Å². The van der Waals surface area contributed by atoms with Gasteiger partial charge in [0.25, 0.3) is 0 Å². The molecule has 1 aliphatic carbocycles. The lowest BCUT2D eigenvalue weighted by atomic mass is 10.3. The third kappa shape index (κ3) is 2.76. The van der Waals surface area contributed by atoms with Crippen molar-refractivity contribution in [2.24, 2.45) is 0 Å². The van der Waals surface area contributed by atoms with Gasteiger partial charge >= 0.3 is 0 Å². The molecule has 1 amide bonds. The third-order valence-electron chi connectivity index (χ3n) is 3.15. The average molecular weight is 277 g/mol. The summed E-state index contributed by atoms with van der Waals surface area (Å²) in [7, 11) is 0. The predicted molar refractivity (Wildman–Crippen MR) is 72.0 cm³/mol. The number of hydrogen-bond acceptors (Lipinski definition) is 3. The molecule has 1 fully saturated rings. The Labute approximate surface area is 115 Å². The molecular weight excluding hydrogens is 262 g/mol. The second kappa shape index (κ2) is 5.00. The van der Waals surface area contributed by atoms with Gasteiger partial charge in [0, 0.05) is 17.9 Å². The van der Waals surface area contributed by atoms with E-state index in [1.54, 1.807) is 6.20 Å². The topological polar surface area (TPSA) is 78.5 Å². The summed E-state index contributed by atoms with van der Waals surface area (Å²) in [6.45, 7) is 0.406. The Balaban J connectivity index is 1.60. The van der Waals surface area contributed by atoms with Crippen LogP contribution in [0.25, 0.3) is 0 Å². The van der Waals surface area contributed by atoms with Crippen molar-refractivity contribution in [1.29, 1.82) is 0 Å². The number of H-pyrrole nitrogens is 2. The average Bonchev–Trinajstić information content (AvgIpc) is 2.96. The molecule has 7 heteroatoms. The van der Waals surface area contributed by atoms with E-state index in [0.29, 0.717) is 23.8 Å². The van der Waals surface area contributed by atoms with Crippen LogP contribution in [0.4, 0.5) is 0 Å². The van der Waals surface area contributed by atoms with Gasteiger partial charge in [0.05, 0.1) is 13.0 Å². The van der Waals surface area contributed by atoms with Crippen molar-refractivity contribution in [2.45, 2.75) is 31.8 Å². The van der Waals surface area contributed by atoms with Crippen LogP contribution >= 0.6 is 12.2 Å². The van der Waals surface area contributed by atoms with Gasteiger partial charge in [-0.1, -0.05) is 0 Å². The number of nitrogens with one attached hydrogen (secondary N) is 3. The molecule has 2 heterocycles. The van der Waals surface area contributed by atoms with E-state index in [4.69, 9.17) is 12.2 Å². The molecule has 0 spiro atoms. The van der Waals surface area contributed by atoms with Gasteiger partial charge in [-0.05, 0) is 37.2 Å². The highest BCUT2D eigenvalue weighted by molar-refractivity contribution is 7.71. The maximum atomic E-state index is 11.8. The number of hydrogen-bond donors (Lipinski definition) is 3. The first-order valence-electron chi connectivity index (χ1n) is 6.29. The van der Waals surface area contributed by atoms with Gasteiger partial charge in [-0.15, -0.1) is 0 Å². The summed E-state index contributed by atoms with van der Waals surface area (Å²) in [4.78, 5) is 14.8. The fraction of sp³-hybridized carbons (Fsp3) is 0.417. The monoisotopic (exact) mass is 277 g/mol. The highest BCUT2D eigenvalue weighted by Gasteiger charge is 2.27. The Hall–Kier alpha value is -1.89. The number of nitrogens with zero attached hydrogens (tertiary/aromatic N) is 2. The van der Waals surface area contributed by atoms with E-state index in [1.165, 1.54) is 0 Å². The lowest BCUT2D eigenvalue weighted by Gasteiger charge is -2.06. The van der Waals surface area contributed by atoms with Gasteiger partial charge in [0.15, 0.2) is 10.6 Å². The molecule has 0 aromatic carbocycles. The Kier molecular flexibility index (Phi) is 3.20. The molecule has 100 valence electrons. The summed E-state index contributed by atoms with van der Waals surface area (Å²) in [6, 6.07) is 4.22. The SMILES string of the molecule is O=C(Cc1ccc[nH]1)NCc1n[nH]c(=S)n1C1CC1. The number of carbonyl (C=O) groups is 1. The van der Waals surface area contributed by atoms with Crippen molar-refractivity contribution < 1.29 is 4.79 Å². The smallest absolute Gasteiger partial charge is 0.226 e. The molecule has 0 atom stereocenters. The van der Waals surface area contributed by atoms with Crippen LogP contribution in [0.15, 0.2) is 18.3 Å². The molecule has 6 nitrogen and oxygen atoms in total. The fourth-order valence-electron chi connectivity index (χ4n) is 2.06. The van der Waals surface area contributed by atoms with Crippen LogP contribution in [-0.4, -0.2) is 25.7 Å². The Bertz CT molecular complexity index is 623. The fourth-order valence-corrected chi connectivity index (χ4v) is 2.36. The van der Waals surface area contributed by atoms with Gasteiger partial charge in [-0.3, -0.25) is 14.5 Å². The van der Waals surface area contributed by atoms with Gasteiger partial charge in [-0.25, -0.2) is 0 Å². The summed E-state index contributed by atoms with van der Waals surface area (Å²) in [5.74, 6) is 0.769. The Morgan fingerprint density at radius 3 is 3.11 bits per heavy atom. The summed E-state index contributed by atoms with van der Waals surface area (Å²) >= 11 is 5.19. The van der Waals surface area contributed by atoms with Gasteiger partial charge in [-0.2, -0.15) is 5.10 Å². The van der Waals surface area contributed by atoms with Crippen LogP contribution in [0.3, 0.4) is 0 Å². The van der Waals surface area contributed by atoms with Crippen molar-refractivity contribution in [2.75, 3.05) is 0 Å². The number of amides is 1. The number of carbonyl (C=O) groups excluding carboxylic acids is 1. The first kappa shape index (κ1) is 12.2. The minimum atomic E-state index is -0.0290. The molecule has 0 saturated heterocycles. The van der Waals surface area contributed by atoms with Crippen molar-refractivity contribution >= 4 is 18.1 Å². The first-order valence-corrected chi connectivity index (χ1v) is 6.69. The lowest BCUT2D eigenvalue weighted by molar-refractivity contribution is -0.120. The molecule has 0 radical (unpaired) electrons. The van der Waals surface area contributed by atoms with Gasteiger partial charge in [0.1, 0.15) is 0 Å². The minimum absolute atomic E-state index is 0.0290. The van der Waals surface area contributed by atoms with Crippen LogP contribution < -0.4 is 5.32 Å². The van der Waals surface area contributed by atoms with E-state index in [1.807, 2.05) is 16.7 Å². The Morgan fingerprint density at radius 1 is 1.58 bits per heavy atom. The lowest BCUT2D eigenvalue weighted by Crippen LogP contribution is -2.26. The minimum Gasteiger partial charge on any atom is -0.365 e. The second-order valence-corrected chi connectivity index (χ2v) is 5.08. The highest BCUT2D eigenvalue weighted by Crippen LogP contribution is 2.35. The normalized spacial score (nSPS) is 14.5. The maximum absolute atomic E-state index is 11.8. The first-order chi connectivity index (χ1) is 9.24. The third-order valence-corrected chi connectivity index (χ3v) is 3.43. The van der Waals surface area contributed by atoms with Crippen molar-refractivity contribution in [1.82, 2.24) is 25.1 Å². The van der Waals surface area contributed by atoms with E-state index < -0.39 is 0 Å². The summed E-state index contributed by atoms with van der Waals surface area (Å²) in [5, 5.41) is 9.82. The molecule has 1 aliphatic rings. The highest BCUT2D eigenvalue weighted by atomic mass is 32.1. The summed E-state index contributed by atoms with van der Waals surface area (Å²) < 4.78 is 2.64. The van der Waals surface area contributed by atoms with E-state index in [-0.39, 0.29) is 5.91 Å². The van der Waals surface area contributed by atoms with E-state index >= 15 is 0 Å². The molecule has 0 bridgehead atoms. The predicted octanol–water partition coefficient (Wildman–Crippen LogP) is 1.46. The van der Waals surface area contributed by atoms with Crippen molar-refractivity contribution in [3.8, 4) is 0 Å². The molecule has 0 unspecified atom stereocenters. The van der Waals surface area contributed by atoms with Crippen molar-refractivity contribution in [3.05, 3.63) is 34.6 Å². The van der Waals surface area contributed by atoms with Crippen LogP contribution in [0.5, 0.6) is 0 Å². The van der Waals surface area contributed by atoms with Crippen LogP contribution in [-0.2, 0) is 17.8 Å². The molecule has 3 N–H and O–H groups in total. The summed E-state index contributed by atoms with van der Waals surface area (Å²) in [6.07, 6.45) is 4.43. The van der Waals surface area contributed by atoms with Crippen molar-refractivity contribution in [3.63, 3.8) is 0 Å². The molecule has 3 rings (SSSR count). The van der Waals surface area contributed by atoms with Gasteiger partial charge in [0.2, 0.25) is 5.91 Å². The zero-order valence-corrected chi connectivity index (χ0v) is 11.2. The standard InChI is InChI=1S/C12H15N5OS/c18-11(6-8-2-1-5-13-8)14-7-10-15-16-12(19)17(10)9-3-4-9/h1-2,5,9,13H,3-4,6-7H2,(H,14,18)(H,16,19). The Morgan fingerprint density at radius 2 is 2.42 bits per heavy atom. The van der Waals surface area contributed by atoms with Gasteiger partial charge < -0.3 is 10.3 Å². The second-order valence-electron chi connectivity index (χ2n) is 4.70. The van der Waals surface area contributed by atoms with Crippen LogP contribution in [0.1, 0.15) is 30.4 Å².